The molecule has 0 bridgehead atoms. The fourth-order valence-electron chi connectivity index (χ4n) is 3.19. The number of nitro groups is 1. The number of carbonyl (C=O) groups is 2. The van der Waals surface area contributed by atoms with Gasteiger partial charge in [0.2, 0.25) is 5.91 Å². The molecule has 0 aromatic heterocycles. The Labute approximate surface area is 148 Å². The second-order valence-corrected chi connectivity index (χ2v) is 8.35. The fraction of sp³-hybridized carbons (Fsp3) is 0.500. The van der Waals surface area contributed by atoms with Gasteiger partial charge in [-0.15, -0.1) is 11.8 Å². The molecule has 8 nitrogen and oxygen atoms in total. The molecule has 0 radical (unpaired) electrons. The Hall–Kier alpha value is -2.13. The summed E-state index contributed by atoms with van der Waals surface area (Å²) in [7, 11) is 0. The minimum atomic E-state index is -0.712. The van der Waals surface area contributed by atoms with E-state index >= 15 is 0 Å². The van der Waals surface area contributed by atoms with E-state index in [0.29, 0.717) is 5.56 Å². The van der Waals surface area contributed by atoms with E-state index in [2.05, 4.69) is 0 Å². The number of ether oxygens (including phenoxy) is 1. The number of rotatable bonds is 5. The minimum absolute atomic E-state index is 0.0236. The van der Waals surface area contributed by atoms with Gasteiger partial charge in [-0.25, -0.2) is 4.79 Å². The maximum atomic E-state index is 12.5. The van der Waals surface area contributed by atoms with E-state index in [0.717, 1.165) is 0 Å². The highest BCUT2D eigenvalue weighted by molar-refractivity contribution is 8.01. The van der Waals surface area contributed by atoms with E-state index in [1.54, 1.807) is 0 Å². The van der Waals surface area contributed by atoms with Gasteiger partial charge in [-0.1, -0.05) is 0 Å². The normalized spacial score (nSPS) is 26.8. The predicted octanol–water partition coefficient (Wildman–Crippen LogP) is 1.31. The van der Waals surface area contributed by atoms with Crippen LogP contribution in [-0.2, 0) is 20.9 Å². The van der Waals surface area contributed by atoms with Gasteiger partial charge in [0.15, 0.2) is 0 Å². The van der Waals surface area contributed by atoms with Crippen LogP contribution in [0.1, 0.15) is 19.4 Å². The first-order chi connectivity index (χ1) is 11.8. The monoisotopic (exact) mass is 366 g/mol. The van der Waals surface area contributed by atoms with Crippen LogP contribution >= 0.6 is 11.8 Å². The zero-order valence-corrected chi connectivity index (χ0v) is 14.6. The van der Waals surface area contributed by atoms with Crippen molar-refractivity contribution in [1.82, 2.24) is 4.90 Å². The fourth-order valence-corrected chi connectivity index (χ4v) is 4.85. The SMILES string of the molecule is CC1(C)S[C@@H]2[C@H](CO)C(=O)N2[C@H]1C(=O)OCc1ccc([N+](=O)[O-])cc1. The number of aliphatic hydroxyl groups excluding tert-OH is 1. The van der Waals surface area contributed by atoms with Gasteiger partial charge < -0.3 is 14.7 Å². The van der Waals surface area contributed by atoms with Crippen molar-refractivity contribution in [3.8, 4) is 0 Å². The lowest BCUT2D eigenvalue weighted by Gasteiger charge is -2.43. The van der Waals surface area contributed by atoms with Gasteiger partial charge in [0, 0.05) is 16.9 Å². The molecule has 1 aromatic rings. The van der Waals surface area contributed by atoms with E-state index < -0.39 is 27.6 Å². The molecule has 1 amide bonds. The molecule has 0 aliphatic carbocycles. The molecule has 0 saturated carbocycles. The molecular weight excluding hydrogens is 348 g/mol. The Morgan fingerprint density at radius 1 is 1.40 bits per heavy atom. The number of nitro benzene ring substituents is 1. The standard InChI is InChI=1S/C16H18N2O6S/c1-16(2)12(17-13(20)11(7-19)14(17)25-16)15(21)24-8-9-3-5-10(6-4-9)18(22)23/h3-6,11-12,14,19H,7-8H2,1-2H3/t11-,12+,14-/m1/s1. The van der Waals surface area contributed by atoms with Gasteiger partial charge in [-0.3, -0.25) is 14.9 Å². The number of aliphatic hydroxyl groups is 1. The molecule has 2 aliphatic heterocycles. The molecule has 0 unspecified atom stereocenters. The van der Waals surface area contributed by atoms with Gasteiger partial charge in [0.1, 0.15) is 12.6 Å². The van der Waals surface area contributed by atoms with Gasteiger partial charge in [-0.2, -0.15) is 0 Å². The first-order valence-corrected chi connectivity index (χ1v) is 8.65. The number of benzene rings is 1. The Bertz CT molecular complexity index is 720. The van der Waals surface area contributed by atoms with Crippen LogP contribution in [0.2, 0.25) is 0 Å². The van der Waals surface area contributed by atoms with Crippen LogP contribution in [0.25, 0.3) is 0 Å². The molecule has 0 spiro atoms. The zero-order chi connectivity index (χ0) is 18.4. The summed E-state index contributed by atoms with van der Waals surface area (Å²) in [6.45, 7) is 3.49. The molecule has 9 heteroatoms. The van der Waals surface area contributed by atoms with Crippen molar-refractivity contribution in [3.63, 3.8) is 0 Å². The van der Waals surface area contributed by atoms with E-state index in [-0.39, 0.29) is 30.2 Å². The minimum Gasteiger partial charge on any atom is -0.459 e. The Morgan fingerprint density at radius 2 is 2.04 bits per heavy atom. The summed E-state index contributed by atoms with van der Waals surface area (Å²) in [5.74, 6) is -1.21. The van der Waals surface area contributed by atoms with Crippen LogP contribution in [0.5, 0.6) is 0 Å². The number of non-ortho nitro benzene ring substituents is 1. The lowest BCUT2D eigenvalue weighted by atomic mass is 9.92. The molecule has 3 atom stereocenters. The summed E-state index contributed by atoms with van der Waals surface area (Å²) in [6.07, 6.45) is 0. The topological polar surface area (TPSA) is 110 Å². The molecule has 3 rings (SSSR count). The predicted molar refractivity (Wildman–Crippen MR) is 89.6 cm³/mol. The smallest absolute Gasteiger partial charge is 0.330 e. The number of carbonyl (C=O) groups excluding carboxylic acids is 2. The molecule has 2 aliphatic rings. The first kappa shape index (κ1) is 17.7. The Balaban J connectivity index is 1.66. The lowest BCUT2D eigenvalue weighted by molar-refractivity contribution is -0.384. The van der Waals surface area contributed by atoms with Gasteiger partial charge in [0.25, 0.3) is 5.69 Å². The Kier molecular flexibility index (Phi) is 4.46. The van der Waals surface area contributed by atoms with Crippen molar-refractivity contribution in [3.05, 3.63) is 39.9 Å². The van der Waals surface area contributed by atoms with Crippen LogP contribution in [0.15, 0.2) is 24.3 Å². The molecular formula is C16H18N2O6S. The van der Waals surface area contributed by atoms with E-state index in [1.807, 2.05) is 13.8 Å². The lowest BCUT2D eigenvalue weighted by Crippen LogP contribution is -2.63. The van der Waals surface area contributed by atoms with Crippen LogP contribution < -0.4 is 0 Å². The third-order valence-electron chi connectivity index (χ3n) is 4.50. The van der Waals surface area contributed by atoms with Gasteiger partial charge in [0.05, 0.1) is 22.8 Å². The largest absolute Gasteiger partial charge is 0.459 e. The molecule has 25 heavy (non-hydrogen) atoms. The van der Waals surface area contributed by atoms with E-state index in [9.17, 15) is 24.8 Å². The number of nitrogens with zero attached hydrogens (tertiary/aromatic N) is 2. The maximum Gasteiger partial charge on any atom is 0.330 e. The van der Waals surface area contributed by atoms with Crippen LogP contribution in [0.4, 0.5) is 5.69 Å². The number of thioether (sulfide) groups is 1. The van der Waals surface area contributed by atoms with Crippen molar-refractivity contribution >= 4 is 29.3 Å². The summed E-state index contributed by atoms with van der Waals surface area (Å²) in [6, 6.07) is 5.04. The summed E-state index contributed by atoms with van der Waals surface area (Å²) >= 11 is 1.49. The molecule has 1 N–H and O–H groups in total. The van der Waals surface area contributed by atoms with Crippen LogP contribution in [-0.4, -0.2) is 49.6 Å². The van der Waals surface area contributed by atoms with Gasteiger partial charge >= 0.3 is 5.97 Å². The number of amides is 1. The van der Waals surface area contributed by atoms with Crippen molar-refractivity contribution in [1.29, 1.82) is 0 Å². The number of hydrogen-bond donors (Lipinski definition) is 1. The highest BCUT2D eigenvalue weighted by Crippen LogP contribution is 2.53. The number of hydrogen-bond acceptors (Lipinski definition) is 7. The highest BCUT2D eigenvalue weighted by Gasteiger charge is 2.63. The second-order valence-electron chi connectivity index (χ2n) is 6.58. The third-order valence-corrected chi connectivity index (χ3v) is 6.13. The summed E-state index contributed by atoms with van der Waals surface area (Å²) in [5.41, 5.74) is 0.592. The van der Waals surface area contributed by atoms with Crippen molar-refractivity contribution in [2.45, 2.75) is 36.6 Å². The third kappa shape index (κ3) is 2.98. The number of fused-ring (bicyclic) bond motifs is 1. The summed E-state index contributed by atoms with van der Waals surface area (Å²) in [4.78, 5) is 36.3. The summed E-state index contributed by atoms with van der Waals surface area (Å²) < 4.78 is 4.82. The zero-order valence-electron chi connectivity index (χ0n) is 13.7. The number of β-lactam (4-membered cyclic amide) rings is 1. The van der Waals surface area contributed by atoms with Crippen molar-refractivity contribution in [2.75, 3.05) is 6.61 Å². The molecule has 1 aromatic carbocycles. The summed E-state index contributed by atoms with van der Waals surface area (Å²) in [5, 5.41) is 19.7. The highest BCUT2D eigenvalue weighted by atomic mass is 32.2. The van der Waals surface area contributed by atoms with Crippen LogP contribution in [0.3, 0.4) is 0 Å². The first-order valence-electron chi connectivity index (χ1n) is 7.77. The number of esters is 1. The van der Waals surface area contributed by atoms with Crippen LogP contribution in [0, 0.1) is 16.0 Å². The van der Waals surface area contributed by atoms with Crippen molar-refractivity contribution < 1.29 is 24.4 Å². The maximum absolute atomic E-state index is 12.5. The second kappa shape index (κ2) is 6.30. The molecule has 134 valence electrons. The van der Waals surface area contributed by atoms with E-state index in [4.69, 9.17) is 4.74 Å². The Morgan fingerprint density at radius 3 is 2.60 bits per heavy atom. The van der Waals surface area contributed by atoms with Crippen molar-refractivity contribution in [2.24, 2.45) is 5.92 Å². The average Bonchev–Trinajstić information content (AvgIpc) is 2.81. The molecule has 2 fully saturated rings. The van der Waals surface area contributed by atoms with E-state index in [1.165, 1.54) is 40.9 Å². The average molecular weight is 366 g/mol. The quantitative estimate of drug-likeness (QED) is 0.362. The molecule has 2 heterocycles. The van der Waals surface area contributed by atoms with Gasteiger partial charge in [-0.05, 0) is 31.5 Å². The molecule has 2 saturated heterocycles.